The molecule has 0 saturated carbocycles. The molecule has 0 N–H and O–H groups in total. The van der Waals surface area contributed by atoms with Crippen molar-refractivity contribution in [2.75, 3.05) is 6.26 Å². The highest BCUT2D eigenvalue weighted by atomic mass is 32.2. The third kappa shape index (κ3) is 1.96. The van der Waals surface area contributed by atoms with Crippen LogP contribution in [0.3, 0.4) is 0 Å². The van der Waals surface area contributed by atoms with Gasteiger partial charge in [0.15, 0.2) is 5.16 Å². The molecule has 2 aromatic heterocycles. The summed E-state index contributed by atoms with van der Waals surface area (Å²) in [5, 5.41) is 1.62. The van der Waals surface area contributed by atoms with E-state index < -0.39 is 0 Å². The first-order valence-electron chi connectivity index (χ1n) is 7.38. The van der Waals surface area contributed by atoms with Crippen LogP contribution in [0.5, 0.6) is 0 Å². The molecule has 3 nitrogen and oxygen atoms in total. The SMILES string of the molecule is CSc1nc2sc3c(c2c(=O)n1-c1ccccc1C)CCC3. The first-order chi connectivity index (χ1) is 10.7. The van der Waals surface area contributed by atoms with Gasteiger partial charge in [0.05, 0.1) is 11.1 Å². The molecular formula is C17H16N2OS2. The number of benzene rings is 1. The van der Waals surface area contributed by atoms with Gasteiger partial charge in [-0.1, -0.05) is 30.0 Å². The number of fused-ring (bicyclic) bond motifs is 3. The van der Waals surface area contributed by atoms with E-state index in [9.17, 15) is 4.79 Å². The van der Waals surface area contributed by atoms with Crippen LogP contribution in [0.4, 0.5) is 0 Å². The second-order valence-corrected chi connectivity index (χ2v) is 7.42. The minimum absolute atomic E-state index is 0.0862. The van der Waals surface area contributed by atoms with E-state index in [0.717, 1.165) is 45.9 Å². The molecule has 0 saturated heterocycles. The minimum atomic E-state index is 0.0862. The molecule has 0 radical (unpaired) electrons. The molecule has 1 aliphatic rings. The van der Waals surface area contributed by atoms with E-state index in [1.54, 1.807) is 15.9 Å². The molecule has 0 atom stereocenters. The molecule has 4 rings (SSSR count). The lowest BCUT2D eigenvalue weighted by molar-refractivity contribution is 0.817. The van der Waals surface area contributed by atoms with Gasteiger partial charge in [0.2, 0.25) is 0 Å². The number of hydrogen-bond donors (Lipinski definition) is 0. The summed E-state index contributed by atoms with van der Waals surface area (Å²) in [6.07, 6.45) is 5.24. The van der Waals surface area contributed by atoms with Crippen LogP contribution < -0.4 is 5.56 Å². The number of hydrogen-bond acceptors (Lipinski definition) is 4. The Labute approximate surface area is 137 Å². The largest absolute Gasteiger partial charge is 0.268 e. The predicted molar refractivity (Wildman–Crippen MR) is 93.8 cm³/mol. The van der Waals surface area contributed by atoms with Crippen LogP contribution in [0.15, 0.2) is 34.2 Å². The van der Waals surface area contributed by atoms with Crippen molar-refractivity contribution in [3.8, 4) is 5.69 Å². The molecule has 0 fully saturated rings. The highest BCUT2D eigenvalue weighted by molar-refractivity contribution is 7.98. The molecule has 3 aromatic rings. The van der Waals surface area contributed by atoms with Gasteiger partial charge in [-0.05, 0) is 49.6 Å². The van der Waals surface area contributed by atoms with Crippen molar-refractivity contribution in [1.82, 2.24) is 9.55 Å². The van der Waals surface area contributed by atoms with Crippen LogP contribution in [0.2, 0.25) is 0 Å². The van der Waals surface area contributed by atoms with Gasteiger partial charge in [0.1, 0.15) is 4.83 Å². The second kappa shape index (κ2) is 5.25. The first kappa shape index (κ1) is 14.0. The summed E-state index contributed by atoms with van der Waals surface area (Å²) in [5.41, 5.74) is 3.35. The highest BCUT2D eigenvalue weighted by Gasteiger charge is 2.23. The summed E-state index contributed by atoms with van der Waals surface area (Å²) < 4.78 is 1.79. The average Bonchev–Trinajstić information content (AvgIpc) is 3.08. The second-order valence-electron chi connectivity index (χ2n) is 5.56. The number of nitrogens with zero attached hydrogens (tertiary/aromatic N) is 2. The molecule has 0 spiro atoms. The number of aromatic nitrogens is 2. The molecule has 1 aliphatic carbocycles. The van der Waals surface area contributed by atoms with Crippen LogP contribution in [0, 0.1) is 6.92 Å². The summed E-state index contributed by atoms with van der Waals surface area (Å²) in [6.45, 7) is 2.04. The molecule has 1 aromatic carbocycles. The zero-order chi connectivity index (χ0) is 15.3. The smallest absolute Gasteiger partial charge is 0.267 e. The third-order valence-electron chi connectivity index (χ3n) is 4.25. The summed E-state index contributed by atoms with van der Waals surface area (Å²) in [6, 6.07) is 8.00. The lowest BCUT2D eigenvalue weighted by Crippen LogP contribution is -2.22. The molecule has 112 valence electrons. The molecule has 2 heterocycles. The maximum absolute atomic E-state index is 13.2. The van der Waals surface area contributed by atoms with Crippen molar-refractivity contribution in [1.29, 1.82) is 0 Å². The Kier molecular flexibility index (Phi) is 3.35. The molecule has 0 unspecified atom stereocenters. The van der Waals surface area contributed by atoms with E-state index in [4.69, 9.17) is 4.98 Å². The van der Waals surface area contributed by atoms with E-state index in [0.29, 0.717) is 0 Å². The van der Waals surface area contributed by atoms with Crippen LogP contribution in [-0.2, 0) is 12.8 Å². The Morgan fingerprint density at radius 3 is 2.86 bits per heavy atom. The predicted octanol–water partition coefficient (Wildman–Crippen LogP) is 3.97. The fraction of sp³-hybridized carbons (Fsp3) is 0.294. The topological polar surface area (TPSA) is 34.9 Å². The maximum Gasteiger partial charge on any atom is 0.267 e. The zero-order valence-electron chi connectivity index (χ0n) is 12.5. The van der Waals surface area contributed by atoms with Gasteiger partial charge in [0.25, 0.3) is 5.56 Å². The standard InChI is InChI=1S/C17H16N2OS2/c1-10-6-3-4-8-12(10)19-16(20)14-11-7-5-9-13(11)22-15(14)18-17(19)21-2/h3-4,6,8H,5,7,9H2,1-2H3. The molecule has 5 heteroatoms. The fourth-order valence-corrected chi connectivity index (χ4v) is 5.04. The highest BCUT2D eigenvalue weighted by Crippen LogP contribution is 2.35. The van der Waals surface area contributed by atoms with Crippen molar-refractivity contribution in [3.63, 3.8) is 0 Å². The van der Waals surface area contributed by atoms with Gasteiger partial charge in [0, 0.05) is 4.88 Å². The summed E-state index contributed by atoms with van der Waals surface area (Å²) in [5.74, 6) is 0. The third-order valence-corrected chi connectivity index (χ3v) is 6.07. The Balaban J connectivity index is 2.12. The zero-order valence-corrected chi connectivity index (χ0v) is 14.2. The normalized spacial score (nSPS) is 13.7. The Morgan fingerprint density at radius 2 is 2.09 bits per heavy atom. The van der Waals surface area contributed by atoms with E-state index in [1.165, 1.54) is 22.2 Å². The first-order valence-corrected chi connectivity index (χ1v) is 9.42. The number of para-hydroxylation sites is 1. The van der Waals surface area contributed by atoms with E-state index >= 15 is 0 Å². The van der Waals surface area contributed by atoms with Crippen LogP contribution >= 0.6 is 23.1 Å². The molecule has 0 amide bonds. The lowest BCUT2D eigenvalue weighted by atomic mass is 10.2. The summed E-state index contributed by atoms with van der Waals surface area (Å²) in [7, 11) is 0. The number of aryl methyl sites for hydroxylation is 3. The summed E-state index contributed by atoms with van der Waals surface area (Å²) in [4.78, 5) is 20.2. The quantitative estimate of drug-likeness (QED) is 0.527. The lowest BCUT2D eigenvalue weighted by Gasteiger charge is -2.13. The van der Waals surface area contributed by atoms with Gasteiger partial charge in [-0.2, -0.15) is 0 Å². The Bertz CT molecular complexity index is 940. The van der Waals surface area contributed by atoms with Gasteiger partial charge >= 0.3 is 0 Å². The van der Waals surface area contributed by atoms with Crippen molar-refractivity contribution < 1.29 is 0 Å². The number of thiophene rings is 1. The Hall–Kier alpha value is -1.59. The average molecular weight is 328 g/mol. The minimum Gasteiger partial charge on any atom is -0.268 e. The van der Waals surface area contributed by atoms with Gasteiger partial charge in [-0.15, -0.1) is 11.3 Å². The number of thioether (sulfide) groups is 1. The van der Waals surface area contributed by atoms with Gasteiger partial charge in [-0.25, -0.2) is 4.98 Å². The van der Waals surface area contributed by atoms with Crippen LogP contribution in [-0.4, -0.2) is 15.8 Å². The van der Waals surface area contributed by atoms with Crippen molar-refractivity contribution >= 4 is 33.3 Å². The van der Waals surface area contributed by atoms with E-state index in [1.807, 2.05) is 37.4 Å². The van der Waals surface area contributed by atoms with E-state index in [2.05, 4.69) is 0 Å². The van der Waals surface area contributed by atoms with Crippen LogP contribution in [0.1, 0.15) is 22.4 Å². The molecule has 22 heavy (non-hydrogen) atoms. The van der Waals surface area contributed by atoms with Crippen LogP contribution in [0.25, 0.3) is 15.9 Å². The monoisotopic (exact) mass is 328 g/mol. The number of rotatable bonds is 2. The molecular weight excluding hydrogens is 312 g/mol. The Morgan fingerprint density at radius 1 is 1.27 bits per heavy atom. The van der Waals surface area contributed by atoms with Crippen molar-refractivity contribution in [2.45, 2.75) is 31.3 Å². The van der Waals surface area contributed by atoms with Crippen molar-refractivity contribution in [2.24, 2.45) is 0 Å². The van der Waals surface area contributed by atoms with E-state index in [-0.39, 0.29) is 5.56 Å². The summed E-state index contributed by atoms with van der Waals surface area (Å²) >= 11 is 3.23. The molecule has 0 aliphatic heterocycles. The van der Waals surface area contributed by atoms with Crippen molar-refractivity contribution in [3.05, 3.63) is 50.6 Å². The maximum atomic E-state index is 13.2. The van der Waals surface area contributed by atoms with Gasteiger partial charge < -0.3 is 0 Å². The fourth-order valence-electron chi connectivity index (χ4n) is 3.19. The van der Waals surface area contributed by atoms with Gasteiger partial charge in [-0.3, -0.25) is 9.36 Å². The molecule has 0 bridgehead atoms.